The number of hydrogen-bond acceptors (Lipinski definition) is 4. The minimum absolute atomic E-state index is 0.0588. The van der Waals surface area contributed by atoms with Crippen LogP contribution in [0.2, 0.25) is 0 Å². The second-order valence-corrected chi connectivity index (χ2v) is 6.83. The first-order valence-electron chi connectivity index (χ1n) is 8.99. The normalized spacial score (nSPS) is 16.5. The van der Waals surface area contributed by atoms with Crippen molar-refractivity contribution in [3.8, 4) is 0 Å². The standard InChI is InChI=1S/C18H27N5O/c1-14(2)23-17-15(13-21-23)11-16(12-20-17)18(24)19-7-10-22-8-5-3-4-6-9-22/h11-14H,3-10H2,1-2H3,(H,19,24). The Morgan fingerprint density at radius 1 is 1.21 bits per heavy atom. The topological polar surface area (TPSA) is 63.1 Å². The molecule has 2 aromatic heterocycles. The number of nitrogens with zero attached hydrogens (tertiary/aromatic N) is 4. The summed E-state index contributed by atoms with van der Waals surface area (Å²) >= 11 is 0. The Morgan fingerprint density at radius 2 is 1.96 bits per heavy atom. The molecule has 0 radical (unpaired) electrons. The zero-order chi connectivity index (χ0) is 16.9. The zero-order valence-electron chi connectivity index (χ0n) is 14.7. The Morgan fingerprint density at radius 3 is 2.67 bits per heavy atom. The molecule has 0 aromatic carbocycles. The molecule has 1 aliphatic heterocycles. The predicted molar refractivity (Wildman–Crippen MR) is 95.2 cm³/mol. The lowest BCUT2D eigenvalue weighted by Crippen LogP contribution is -2.35. The number of carbonyl (C=O) groups excluding carboxylic acids is 1. The van der Waals surface area contributed by atoms with Gasteiger partial charge in [-0.15, -0.1) is 0 Å². The first-order chi connectivity index (χ1) is 11.6. The van der Waals surface area contributed by atoms with Crippen LogP contribution in [-0.2, 0) is 0 Å². The molecule has 0 saturated carbocycles. The Labute approximate surface area is 143 Å². The van der Waals surface area contributed by atoms with Crippen molar-refractivity contribution in [2.75, 3.05) is 26.2 Å². The van der Waals surface area contributed by atoms with Crippen LogP contribution in [-0.4, -0.2) is 51.8 Å². The highest BCUT2D eigenvalue weighted by Gasteiger charge is 2.13. The lowest BCUT2D eigenvalue weighted by Gasteiger charge is -2.19. The molecule has 0 spiro atoms. The number of nitrogens with one attached hydrogen (secondary N) is 1. The third-order valence-electron chi connectivity index (χ3n) is 4.60. The van der Waals surface area contributed by atoms with Gasteiger partial charge >= 0.3 is 0 Å². The molecule has 1 fully saturated rings. The summed E-state index contributed by atoms with van der Waals surface area (Å²) in [5.41, 5.74) is 1.42. The summed E-state index contributed by atoms with van der Waals surface area (Å²) in [4.78, 5) is 19.2. The summed E-state index contributed by atoms with van der Waals surface area (Å²) < 4.78 is 1.87. The van der Waals surface area contributed by atoms with Gasteiger partial charge in [0.25, 0.3) is 5.91 Å². The minimum Gasteiger partial charge on any atom is -0.351 e. The Hall–Kier alpha value is -1.95. The lowest BCUT2D eigenvalue weighted by atomic mass is 10.2. The summed E-state index contributed by atoms with van der Waals surface area (Å²) in [6, 6.07) is 2.12. The number of fused-ring (bicyclic) bond motifs is 1. The summed E-state index contributed by atoms with van der Waals surface area (Å²) in [7, 11) is 0. The van der Waals surface area contributed by atoms with Gasteiger partial charge in [0.1, 0.15) is 0 Å². The van der Waals surface area contributed by atoms with Crippen LogP contribution in [0.15, 0.2) is 18.5 Å². The van der Waals surface area contributed by atoms with Crippen LogP contribution in [0, 0.1) is 0 Å². The number of amides is 1. The molecule has 1 N–H and O–H groups in total. The number of carbonyl (C=O) groups is 1. The highest BCUT2D eigenvalue weighted by atomic mass is 16.1. The van der Waals surface area contributed by atoms with Crippen molar-refractivity contribution >= 4 is 16.9 Å². The number of likely N-dealkylation sites (tertiary alicyclic amines) is 1. The average Bonchev–Trinajstić information content (AvgIpc) is 2.83. The highest BCUT2D eigenvalue weighted by molar-refractivity contribution is 5.96. The third kappa shape index (κ3) is 3.93. The molecular formula is C18H27N5O. The number of rotatable bonds is 5. The minimum atomic E-state index is -0.0588. The SMILES string of the molecule is CC(C)n1ncc2cc(C(=O)NCCN3CCCCCC3)cnc21. The molecule has 6 nitrogen and oxygen atoms in total. The van der Waals surface area contributed by atoms with Gasteiger partial charge in [-0.05, 0) is 45.8 Å². The molecular weight excluding hydrogens is 302 g/mol. The van der Waals surface area contributed by atoms with E-state index < -0.39 is 0 Å². The number of hydrogen-bond donors (Lipinski definition) is 1. The maximum absolute atomic E-state index is 12.3. The van der Waals surface area contributed by atoms with E-state index in [1.54, 1.807) is 12.4 Å². The van der Waals surface area contributed by atoms with E-state index in [2.05, 4.69) is 34.1 Å². The maximum atomic E-state index is 12.3. The van der Waals surface area contributed by atoms with Crippen molar-refractivity contribution in [3.63, 3.8) is 0 Å². The Balaban J connectivity index is 1.57. The smallest absolute Gasteiger partial charge is 0.252 e. The maximum Gasteiger partial charge on any atom is 0.252 e. The van der Waals surface area contributed by atoms with Crippen LogP contribution in [0.3, 0.4) is 0 Å². The van der Waals surface area contributed by atoms with Gasteiger partial charge in [0.15, 0.2) is 5.65 Å². The molecule has 0 bridgehead atoms. The molecule has 130 valence electrons. The number of pyridine rings is 1. The fourth-order valence-corrected chi connectivity index (χ4v) is 3.23. The van der Waals surface area contributed by atoms with E-state index in [0.29, 0.717) is 12.1 Å². The second kappa shape index (κ2) is 7.75. The van der Waals surface area contributed by atoms with Crippen LogP contribution in [0.5, 0.6) is 0 Å². The first-order valence-corrected chi connectivity index (χ1v) is 8.99. The number of aromatic nitrogens is 3. The van der Waals surface area contributed by atoms with Crippen molar-refractivity contribution in [2.45, 2.75) is 45.6 Å². The highest BCUT2D eigenvalue weighted by Crippen LogP contribution is 2.16. The van der Waals surface area contributed by atoms with E-state index in [1.807, 2.05) is 10.7 Å². The van der Waals surface area contributed by atoms with E-state index in [0.717, 1.165) is 30.7 Å². The summed E-state index contributed by atoms with van der Waals surface area (Å²) in [6.45, 7) is 8.04. The van der Waals surface area contributed by atoms with E-state index in [-0.39, 0.29) is 11.9 Å². The second-order valence-electron chi connectivity index (χ2n) is 6.83. The van der Waals surface area contributed by atoms with Gasteiger partial charge in [0.05, 0.1) is 11.8 Å². The molecule has 2 aromatic rings. The Kier molecular flexibility index (Phi) is 5.45. The molecule has 3 rings (SSSR count). The van der Waals surface area contributed by atoms with E-state index in [1.165, 1.54) is 25.7 Å². The summed E-state index contributed by atoms with van der Waals surface area (Å²) in [5.74, 6) is -0.0588. The quantitative estimate of drug-likeness (QED) is 0.916. The third-order valence-corrected chi connectivity index (χ3v) is 4.60. The van der Waals surface area contributed by atoms with E-state index >= 15 is 0 Å². The molecule has 1 amide bonds. The van der Waals surface area contributed by atoms with Crippen molar-refractivity contribution in [3.05, 3.63) is 24.0 Å². The largest absolute Gasteiger partial charge is 0.351 e. The Bertz CT molecular complexity index is 686. The molecule has 3 heterocycles. The van der Waals surface area contributed by atoms with Gasteiger partial charge in [0.2, 0.25) is 0 Å². The average molecular weight is 329 g/mol. The van der Waals surface area contributed by atoms with E-state index in [9.17, 15) is 4.79 Å². The summed E-state index contributed by atoms with van der Waals surface area (Å²) in [6.07, 6.45) is 8.63. The van der Waals surface area contributed by atoms with E-state index in [4.69, 9.17) is 0 Å². The predicted octanol–water partition coefficient (Wildman–Crippen LogP) is 2.62. The van der Waals surface area contributed by atoms with Crippen molar-refractivity contribution in [2.24, 2.45) is 0 Å². The van der Waals surface area contributed by atoms with Crippen LogP contribution in [0.1, 0.15) is 55.9 Å². The van der Waals surface area contributed by atoms with Crippen LogP contribution >= 0.6 is 0 Å². The van der Waals surface area contributed by atoms with Gasteiger partial charge in [-0.1, -0.05) is 12.8 Å². The zero-order valence-corrected chi connectivity index (χ0v) is 14.7. The molecule has 0 atom stereocenters. The van der Waals surface area contributed by atoms with Gasteiger partial charge in [0, 0.05) is 30.7 Å². The van der Waals surface area contributed by atoms with Crippen molar-refractivity contribution in [1.82, 2.24) is 25.0 Å². The lowest BCUT2D eigenvalue weighted by molar-refractivity contribution is 0.0948. The summed E-state index contributed by atoms with van der Waals surface area (Å²) in [5, 5.41) is 8.26. The first kappa shape index (κ1) is 16.9. The van der Waals surface area contributed by atoms with Gasteiger partial charge in [-0.2, -0.15) is 5.10 Å². The fraction of sp³-hybridized carbons (Fsp3) is 0.611. The van der Waals surface area contributed by atoms with Crippen LogP contribution < -0.4 is 5.32 Å². The molecule has 1 saturated heterocycles. The molecule has 0 unspecified atom stereocenters. The molecule has 6 heteroatoms. The molecule has 0 aliphatic carbocycles. The fourth-order valence-electron chi connectivity index (χ4n) is 3.23. The van der Waals surface area contributed by atoms with Crippen molar-refractivity contribution < 1.29 is 4.79 Å². The van der Waals surface area contributed by atoms with Gasteiger partial charge in [-0.3, -0.25) is 4.79 Å². The molecule has 1 aliphatic rings. The van der Waals surface area contributed by atoms with Gasteiger partial charge < -0.3 is 10.2 Å². The monoisotopic (exact) mass is 329 g/mol. The van der Waals surface area contributed by atoms with Crippen molar-refractivity contribution in [1.29, 1.82) is 0 Å². The van der Waals surface area contributed by atoms with Crippen LogP contribution in [0.4, 0.5) is 0 Å². The van der Waals surface area contributed by atoms with Gasteiger partial charge in [-0.25, -0.2) is 9.67 Å². The molecule has 24 heavy (non-hydrogen) atoms. The van der Waals surface area contributed by atoms with Crippen LogP contribution in [0.25, 0.3) is 11.0 Å².